The van der Waals surface area contributed by atoms with Gasteiger partial charge in [0.05, 0.1) is 11.5 Å². The summed E-state index contributed by atoms with van der Waals surface area (Å²) in [5, 5.41) is 1.94. The predicted molar refractivity (Wildman–Crippen MR) is 89.7 cm³/mol. The van der Waals surface area contributed by atoms with Gasteiger partial charge in [0.15, 0.2) is 0 Å². The van der Waals surface area contributed by atoms with Crippen molar-refractivity contribution in [1.29, 1.82) is 0 Å². The van der Waals surface area contributed by atoms with Crippen LogP contribution in [0, 0.1) is 0 Å². The van der Waals surface area contributed by atoms with E-state index in [1.54, 1.807) is 30.3 Å². The Bertz CT molecular complexity index is 692. The van der Waals surface area contributed by atoms with Gasteiger partial charge in [-0.3, -0.25) is 0 Å². The second-order valence-corrected chi connectivity index (χ2v) is 7.54. The largest absolute Gasteiger partial charge is 0.494 e. The molecule has 2 aromatic rings. The smallest absolute Gasteiger partial charge is 0.243 e. The molecule has 0 radical (unpaired) electrons. The third-order valence-electron chi connectivity index (χ3n) is 3.02. The molecule has 1 aromatic carbocycles. The molecule has 118 valence electrons. The van der Waals surface area contributed by atoms with Crippen molar-refractivity contribution >= 4 is 21.4 Å². The first kappa shape index (κ1) is 16.7. The van der Waals surface area contributed by atoms with Gasteiger partial charge in [-0.15, -0.1) is 17.9 Å². The van der Waals surface area contributed by atoms with Crippen molar-refractivity contribution in [1.82, 2.24) is 4.31 Å². The summed E-state index contributed by atoms with van der Waals surface area (Å²) in [7, 11) is -3.56. The van der Waals surface area contributed by atoms with Crippen LogP contribution in [0.1, 0.15) is 11.8 Å². The van der Waals surface area contributed by atoms with Crippen molar-refractivity contribution in [3.8, 4) is 5.75 Å². The number of ether oxygens (including phenoxy) is 1. The summed E-state index contributed by atoms with van der Waals surface area (Å²) >= 11 is 1.54. The summed E-state index contributed by atoms with van der Waals surface area (Å²) < 4.78 is 32.3. The second-order valence-electron chi connectivity index (χ2n) is 4.57. The zero-order valence-corrected chi connectivity index (χ0v) is 14.1. The maximum atomic E-state index is 12.8. The lowest BCUT2D eigenvalue weighted by atomic mass is 10.3. The Labute approximate surface area is 135 Å². The van der Waals surface area contributed by atoms with Crippen LogP contribution in [0.25, 0.3) is 0 Å². The summed E-state index contributed by atoms with van der Waals surface area (Å²) in [4.78, 5) is 1.26. The number of benzene rings is 1. The molecule has 0 saturated heterocycles. The van der Waals surface area contributed by atoms with Crippen LogP contribution in [0.3, 0.4) is 0 Å². The highest BCUT2D eigenvalue weighted by molar-refractivity contribution is 7.89. The van der Waals surface area contributed by atoms with E-state index in [1.807, 2.05) is 24.4 Å². The van der Waals surface area contributed by atoms with Gasteiger partial charge >= 0.3 is 0 Å². The van der Waals surface area contributed by atoms with E-state index in [9.17, 15) is 8.42 Å². The summed E-state index contributed by atoms with van der Waals surface area (Å²) in [6, 6.07) is 10.3. The Morgan fingerprint density at radius 3 is 2.55 bits per heavy atom. The average Bonchev–Trinajstić information content (AvgIpc) is 3.01. The Morgan fingerprint density at radius 2 is 2.00 bits per heavy atom. The van der Waals surface area contributed by atoms with E-state index in [2.05, 4.69) is 6.58 Å². The lowest BCUT2D eigenvalue weighted by molar-refractivity contribution is 0.340. The maximum absolute atomic E-state index is 12.8. The highest BCUT2D eigenvalue weighted by Gasteiger charge is 2.24. The van der Waals surface area contributed by atoms with Crippen LogP contribution in [0.4, 0.5) is 0 Å². The van der Waals surface area contributed by atoms with E-state index >= 15 is 0 Å². The predicted octanol–water partition coefficient (Wildman–Crippen LogP) is 3.52. The average molecular weight is 337 g/mol. The summed E-state index contributed by atoms with van der Waals surface area (Å²) in [5.74, 6) is 0.662. The fourth-order valence-electron chi connectivity index (χ4n) is 1.99. The minimum absolute atomic E-state index is 0.259. The van der Waals surface area contributed by atoms with Crippen molar-refractivity contribution in [2.75, 3.05) is 13.2 Å². The first-order chi connectivity index (χ1) is 10.6. The molecular weight excluding hydrogens is 318 g/mol. The molecular formula is C16H19NO3S2. The molecule has 22 heavy (non-hydrogen) atoms. The molecule has 0 amide bonds. The fourth-order valence-corrected chi connectivity index (χ4v) is 4.18. The molecule has 1 heterocycles. The van der Waals surface area contributed by atoms with Gasteiger partial charge in [-0.2, -0.15) is 4.31 Å². The van der Waals surface area contributed by atoms with Crippen LogP contribution in [-0.4, -0.2) is 25.9 Å². The monoisotopic (exact) mass is 337 g/mol. The molecule has 0 saturated carbocycles. The van der Waals surface area contributed by atoms with Crippen LogP contribution in [0.15, 0.2) is 59.3 Å². The Kier molecular flexibility index (Phi) is 5.76. The molecule has 6 heteroatoms. The normalized spacial score (nSPS) is 11.5. The Hall–Kier alpha value is -1.63. The quantitative estimate of drug-likeness (QED) is 0.692. The number of sulfonamides is 1. The molecule has 0 aliphatic carbocycles. The minimum Gasteiger partial charge on any atom is -0.494 e. The highest BCUT2D eigenvalue weighted by atomic mass is 32.2. The Balaban J connectivity index is 2.25. The van der Waals surface area contributed by atoms with Crippen molar-refractivity contribution in [3.63, 3.8) is 0 Å². The summed E-state index contributed by atoms with van der Waals surface area (Å²) in [6.45, 7) is 6.71. The van der Waals surface area contributed by atoms with E-state index in [4.69, 9.17) is 4.74 Å². The molecule has 1 aromatic heterocycles. The number of hydrogen-bond donors (Lipinski definition) is 0. The van der Waals surface area contributed by atoms with Gasteiger partial charge in [-0.05, 0) is 42.6 Å². The van der Waals surface area contributed by atoms with E-state index in [0.717, 1.165) is 4.88 Å². The molecule has 0 aliphatic heterocycles. The standard InChI is InChI=1S/C16H19NO3S2/c1-3-11-17(13-15-6-5-12-21-15)22(18,19)16-9-7-14(8-10-16)20-4-2/h3,5-10,12H,1,4,11,13H2,2H3. The van der Waals surface area contributed by atoms with Crippen molar-refractivity contribution in [2.45, 2.75) is 18.4 Å². The van der Waals surface area contributed by atoms with Crippen molar-refractivity contribution < 1.29 is 13.2 Å². The number of hydrogen-bond acceptors (Lipinski definition) is 4. The van der Waals surface area contributed by atoms with E-state index in [1.165, 1.54) is 15.6 Å². The third-order valence-corrected chi connectivity index (χ3v) is 5.70. The molecule has 4 nitrogen and oxygen atoms in total. The second kappa shape index (κ2) is 7.58. The molecule has 0 bridgehead atoms. The molecule has 0 spiro atoms. The Morgan fingerprint density at radius 1 is 1.27 bits per heavy atom. The fraction of sp³-hybridized carbons (Fsp3) is 0.250. The van der Waals surface area contributed by atoms with E-state index in [0.29, 0.717) is 18.9 Å². The van der Waals surface area contributed by atoms with Gasteiger partial charge in [0.1, 0.15) is 5.75 Å². The molecule has 2 rings (SSSR count). The van der Waals surface area contributed by atoms with Crippen LogP contribution in [0.5, 0.6) is 5.75 Å². The van der Waals surface area contributed by atoms with E-state index in [-0.39, 0.29) is 11.4 Å². The lowest BCUT2D eigenvalue weighted by Crippen LogP contribution is -2.30. The zero-order valence-electron chi connectivity index (χ0n) is 12.4. The van der Waals surface area contributed by atoms with Gasteiger partial charge in [0, 0.05) is 18.0 Å². The zero-order chi connectivity index (χ0) is 16.0. The summed E-state index contributed by atoms with van der Waals surface area (Å²) in [6.07, 6.45) is 1.60. The van der Waals surface area contributed by atoms with Gasteiger partial charge in [0.25, 0.3) is 0 Å². The van der Waals surface area contributed by atoms with Crippen molar-refractivity contribution in [3.05, 3.63) is 59.3 Å². The van der Waals surface area contributed by atoms with Crippen LogP contribution in [-0.2, 0) is 16.6 Å². The van der Waals surface area contributed by atoms with Crippen LogP contribution >= 0.6 is 11.3 Å². The first-order valence-corrected chi connectivity index (χ1v) is 9.26. The molecule has 0 aliphatic rings. The van der Waals surface area contributed by atoms with Crippen LogP contribution in [0.2, 0.25) is 0 Å². The van der Waals surface area contributed by atoms with Gasteiger partial charge in [-0.1, -0.05) is 12.1 Å². The number of thiophene rings is 1. The first-order valence-electron chi connectivity index (χ1n) is 6.94. The molecule has 0 fully saturated rings. The van der Waals surface area contributed by atoms with Gasteiger partial charge < -0.3 is 4.74 Å². The number of rotatable bonds is 8. The highest BCUT2D eigenvalue weighted by Crippen LogP contribution is 2.22. The third kappa shape index (κ3) is 3.97. The maximum Gasteiger partial charge on any atom is 0.243 e. The number of nitrogens with zero attached hydrogens (tertiary/aromatic N) is 1. The van der Waals surface area contributed by atoms with E-state index < -0.39 is 10.0 Å². The van der Waals surface area contributed by atoms with Gasteiger partial charge in [0.2, 0.25) is 10.0 Å². The van der Waals surface area contributed by atoms with Crippen molar-refractivity contribution in [2.24, 2.45) is 0 Å². The minimum atomic E-state index is -3.56. The molecule has 0 atom stereocenters. The SMILES string of the molecule is C=CCN(Cc1cccs1)S(=O)(=O)c1ccc(OCC)cc1. The van der Waals surface area contributed by atoms with Crippen LogP contribution < -0.4 is 4.74 Å². The van der Waals surface area contributed by atoms with Gasteiger partial charge in [-0.25, -0.2) is 8.42 Å². The lowest BCUT2D eigenvalue weighted by Gasteiger charge is -2.20. The molecule has 0 N–H and O–H groups in total. The molecule has 0 unspecified atom stereocenters. The summed E-state index contributed by atoms with van der Waals surface area (Å²) in [5.41, 5.74) is 0. The topological polar surface area (TPSA) is 46.6 Å².